The van der Waals surface area contributed by atoms with E-state index in [9.17, 15) is 9.90 Å². The van der Waals surface area contributed by atoms with Crippen LogP contribution in [-0.2, 0) is 9.59 Å². The topological polar surface area (TPSA) is 54.4 Å². The van der Waals surface area contributed by atoms with Gasteiger partial charge in [-0.15, -0.1) is 0 Å². The summed E-state index contributed by atoms with van der Waals surface area (Å²) in [5.74, 6) is 2.50. The lowest BCUT2D eigenvalue weighted by molar-refractivity contribution is -0.124. The highest BCUT2D eigenvalue weighted by Gasteiger charge is 2.62. The quantitative estimate of drug-likeness (QED) is 0.498. The summed E-state index contributed by atoms with van der Waals surface area (Å²) in [5, 5.41) is 10.9. The Labute approximate surface area is 179 Å². The Hall–Kier alpha value is -0.960. The van der Waals surface area contributed by atoms with E-state index in [0.717, 1.165) is 43.9 Å². The molecule has 0 radical (unpaired) electrons. The predicted octanol–water partition coefficient (Wildman–Crippen LogP) is 6.53. The average molecular weight is 407 g/mol. The molecule has 6 unspecified atom stereocenters. The Kier molecular flexibility index (Phi) is 9.33. The highest BCUT2D eigenvalue weighted by molar-refractivity contribution is 5.91. The number of carbonyl (C=O) groups is 2. The Morgan fingerprint density at radius 2 is 1.52 bits per heavy atom. The van der Waals surface area contributed by atoms with Crippen LogP contribution < -0.4 is 0 Å². The van der Waals surface area contributed by atoms with E-state index in [1.807, 2.05) is 26.7 Å². The number of allylic oxidation sites excluding steroid dienone is 1. The van der Waals surface area contributed by atoms with Crippen molar-refractivity contribution < 1.29 is 14.7 Å². The normalized spacial score (nSPS) is 42.1. The standard InChI is InChI=1S/C20H30O2.C3H8.C2H6.CH2O/c1-18-9-6-14(21)12-13(18)4-5-15-16(18)7-10-19(2)17(15)8-11-20(19,3)22;1-3-2;2*1-2/h12,15-17,22H,4-11H2,1-3H3;3H2,1-2H3;1-2H3;1H2. The van der Waals surface area contributed by atoms with E-state index in [0.29, 0.717) is 11.7 Å². The maximum absolute atomic E-state index is 11.8. The molecule has 3 heteroatoms. The van der Waals surface area contributed by atoms with Crippen LogP contribution in [-0.4, -0.2) is 23.3 Å². The van der Waals surface area contributed by atoms with Crippen molar-refractivity contribution in [2.24, 2.45) is 28.6 Å². The van der Waals surface area contributed by atoms with Crippen LogP contribution >= 0.6 is 0 Å². The van der Waals surface area contributed by atoms with Crippen LogP contribution in [0.2, 0.25) is 0 Å². The molecule has 4 aliphatic rings. The van der Waals surface area contributed by atoms with Crippen LogP contribution in [0, 0.1) is 28.6 Å². The van der Waals surface area contributed by atoms with Gasteiger partial charge in [0.05, 0.1) is 5.60 Å². The highest BCUT2D eigenvalue weighted by atomic mass is 16.3. The second-order valence-corrected chi connectivity index (χ2v) is 9.94. The molecule has 0 aliphatic heterocycles. The lowest BCUT2D eigenvalue weighted by atomic mass is 9.46. The Balaban J connectivity index is 0.000000540. The Morgan fingerprint density at radius 1 is 0.966 bits per heavy atom. The molecule has 0 heterocycles. The fourth-order valence-corrected chi connectivity index (χ4v) is 6.80. The summed E-state index contributed by atoms with van der Waals surface area (Å²) in [6, 6.07) is 0. The highest BCUT2D eigenvalue weighted by Crippen LogP contribution is 2.67. The summed E-state index contributed by atoms with van der Waals surface area (Å²) in [5.41, 5.74) is 1.32. The van der Waals surface area contributed by atoms with Gasteiger partial charge in [0.25, 0.3) is 0 Å². The summed E-state index contributed by atoms with van der Waals surface area (Å²) >= 11 is 0. The van der Waals surface area contributed by atoms with Gasteiger partial charge >= 0.3 is 0 Å². The molecule has 4 aliphatic carbocycles. The van der Waals surface area contributed by atoms with Crippen molar-refractivity contribution in [1.82, 2.24) is 0 Å². The van der Waals surface area contributed by atoms with Crippen LogP contribution in [0.5, 0.6) is 0 Å². The fraction of sp³-hybridized carbons (Fsp3) is 0.846. The van der Waals surface area contributed by atoms with Gasteiger partial charge in [0.2, 0.25) is 0 Å². The zero-order chi connectivity index (χ0) is 22.5. The van der Waals surface area contributed by atoms with E-state index < -0.39 is 5.60 Å². The first kappa shape index (κ1) is 26.1. The van der Waals surface area contributed by atoms with Crippen LogP contribution in [0.4, 0.5) is 0 Å². The lowest BCUT2D eigenvalue weighted by Crippen LogP contribution is -2.53. The van der Waals surface area contributed by atoms with Crippen molar-refractivity contribution in [1.29, 1.82) is 0 Å². The van der Waals surface area contributed by atoms with Crippen LogP contribution in [0.1, 0.15) is 106 Å². The molecule has 0 saturated heterocycles. The van der Waals surface area contributed by atoms with E-state index in [1.165, 1.54) is 31.3 Å². The van der Waals surface area contributed by atoms with Gasteiger partial charge in [-0.3, -0.25) is 4.79 Å². The number of fused-ring (bicyclic) bond motifs is 5. The first-order valence-corrected chi connectivity index (χ1v) is 11.9. The van der Waals surface area contributed by atoms with E-state index in [-0.39, 0.29) is 10.8 Å². The van der Waals surface area contributed by atoms with Gasteiger partial charge in [0.1, 0.15) is 6.79 Å². The number of aliphatic hydroxyl groups is 1. The van der Waals surface area contributed by atoms with Crippen LogP contribution in [0.25, 0.3) is 0 Å². The average Bonchev–Trinajstić information content (AvgIpc) is 2.95. The molecule has 4 rings (SSSR count). The van der Waals surface area contributed by atoms with Crippen molar-refractivity contribution in [3.05, 3.63) is 11.6 Å². The SMILES string of the molecule is C=O.CC.CC12CCC(=O)C=C1CCC1C2CCC2(C)C1CCC2(C)O.CCC. The first-order chi connectivity index (χ1) is 13.7. The molecule has 3 fully saturated rings. The van der Waals surface area contributed by atoms with Gasteiger partial charge in [0.15, 0.2) is 5.78 Å². The zero-order valence-corrected chi connectivity index (χ0v) is 20.1. The van der Waals surface area contributed by atoms with Gasteiger partial charge in [-0.05, 0) is 86.5 Å². The van der Waals surface area contributed by atoms with Crippen molar-refractivity contribution >= 4 is 12.6 Å². The molecule has 0 spiro atoms. The summed E-state index contributed by atoms with van der Waals surface area (Å²) in [6.07, 6.45) is 11.9. The van der Waals surface area contributed by atoms with Crippen molar-refractivity contribution in [3.8, 4) is 0 Å². The second-order valence-electron chi connectivity index (χ2n) is 9.94. The molecule has 3 nitrogen and oxygen atoms in total. The molecule has 0 aromatic carbocycles. The predicted molar refractivity (Wildman–Crippen MR) is 122 cm³/mol. The first-order valence-electron chi connectivity index (χ1n) is 11.9. The second kappa shape index (κ2) is 10.4. The summed E-state index contributed by atoms with van der Waals surface area (Å²) in [4.78, 5) is 19.8. The van der Waals surface area contributed by atoms with E-state index in [2.05, 4.69) is 34.6 Å². The molecule has 29 heavy (non-hydrogen) atoms. The third-order valence-electron chi connectivity index (χ3n) is 8.52. The molecule has 168 valence electrons. The number of carbonyl (C=O) groups excluding carboxylic acids is 2. The largest absolute Gasteiger partial charge is 0.390 e. The van der Waals surface area contributed by atoms with Gasteiger partial charge in [-0.25, -0.2) is 0 Å². The minimum atomic E-state index is -0.484. The molecule has 0 aromatic heterocycles. The maximum atomic E-state index is 11.8. The lowest BCUT2D eigenvalue weighted by Gasteiger charge is -2.58. The molecule has 3 saturated carbocycles. The summed E-state index contributed by atoms with van der Waals surface area (Å²) in [6.45, 7) is 17.1. The number of hydrogen-bond donors (Lipinski definition) is 1. The molecular weight excluding hydrogens is 360 g/mol. The molecule has 6 atom stereocenters. The van der Waals surface area contributed by atoms with Gasteiger partial charge in [-0.2, -0.15) is 0 Å². The van der Waals surface area contributed by atoms with Crippen molar-refractivity contribution in [2.45, 2.75) is 112 Å². The van der Waals surface area contributed by atoms with E-state index in [1.54, 1.807) is 0 Å². The van der Waals surface area contributed by atoms with Crippen LogP contribution in [0.3, 0.4) is 0 Å². The summed E-state index contributed by atoms with van der Waals surface area (Å²) < 4.78 is 0. The van der Waals surface area contributed by atoms with Gasteiger partial charge in [-0.1, -0.05) is 53.5 Å². The molecular formula is C26H46O3. The van der Waals surface area contributed by atoms with Gasteiger partial charge in [0, 0.05) is 6.42 Å². The van der Waals surface area contributed by atoms with Gasteiger partial charge < -0.3 is 9.90 Å². The van der Waals surface area contributed by atoms with Crippen molar-refractivity contribution in [2.75, 3.05) is 0 Å². The van der Waals surface area contributed by atoms with Crippen molar-refractivity contribution in [3.63, 3.8) is 0 Å². The maximum Gasteiger partial charge on any atom is 0.155 e. The fourth-order valence-electron chi connectivity index (χ4n) is 6.80. The monoisotopic (exact) mass is 406 g/mol. The third-order valence-corrected chi connectivity index (χ3v) is 8.52. The van der Waals surface area contributed by atoms with E-state index >= 15 is 0 Å². The molecule has 0 amide bonds. The Morgan fingerprint density at radius 3 is 2.10 bits per heavy atom. The van der Waals surface area contributed by atoms with Crippen LogP contribution in [0.15, 0.2) is 11.6 Å². The van der Waals surface area contributed by atoms with E-state index in [4.69, 9.17) is 4.79 Å². The number of hydrogen-bond acceptors (Lipinski definition) is 3. The number of ketones is 1. The summed E-state index contributed by atoms with van der Waals surface area (Å²) in [7, 11) is 0. The molecule has 0 aromatic rings. The number of rotatable bonds is 0. The third kappa shape index (κ3) is 4.55. The zero-order valence-electron chi connectivity index (χ0n) is 20.1. The smallest absolute Gasteiger partial charge is 0.155 e. The minimum absolute atomic E-state index is 0.107. The molecule has 0 bridgehead atoms. The minimum Gasteiger partial charge on any atom is -0.390 e. The molecule has 1 N–H and O–H groups in total. The Bertz CT molecular complexity index is 579.